The van der Waals surface area contributed by atoms with E-state index < -0.39 is 82.0 Å². The van der Waals surface area contributed by atoms with E-state index in [0.29, 0.717) is 0 Å². The maximum Gasteiger partial charge on any atom is 0.460 e. The Kier molecular flexibility index (Phi) is 12.6. The molecule has 24 heteroatoms. The molecule has 5 nitrogen and oxygen atoms in total. The number of sulfonamides is 1. The van der Waals surface area contributed by atoms with Crippen molar-refractivity contribution in [3.63, 3.8) is 0 Å². The van der Waals surface area contributed by atoms with Gasteiger partial charge in [0.1, 0.15) is 10.0 Å². The second kappa shape index (κ2) is 12.0. The second-order valence-electron chi connectivity index (χ2n) is 7.27. The van der Waals surface area contributed by atoms with E-state index in [2.05, 4.69) is 4.74 Å². The molecule has 0 aromatic carbocycles. The van der Waals surface area contributed by atoms with Gasteiger partial charge in [-0.25, -0.2) is 8.42 Å². The van der Waals surface area contributed by atoms with E-state index in [1.807, 2.05) is 0 Å². The summed E-state index contributed by atoms with van der Waals surface area (Å²) in [6.07, 6.45) is -7.82. The van der Waals surface area contributed by atoms with Crippen LogP contribution in [0.1, 0.15) is 20.3 Å². The molecule has 0 bridgehead atoms. The molecule has 0 saturated heterocycles. The van der Waals surface area contributed by atoms with Crippen LogP contribution in [0, 0.1) is 47.2 Å². The Balaban J connectivity index is 0. The molecule has 0 fully saturated rings. The third-order valence-electron chi connectivity index (χ3n) is 4.63. The fourth-order valence-corrected chi connectivity index (χ4v) is 2.93. The number of carbonyl (C=O) groups excluding carboxylic acids is 1. The maximum absolute atomic E-state index is 13.8. The van der Waals surface area contributed by atoms with Gasteiger partial charge in [0, 0.05) is 41.3 Å². The quantitative estimate of drug-likeness (QED) is 0.126. The summed E-state index contributed by atoms with van der Waals surface area (Å²) in [5.74, 6) is -54.1. The Labute approximate surface area is 240 Å². The zero-order valence-corrected chi connectivity index (χ0v) is 23.2. The van der Waals surface area contributed by atoms with Crippen LogP contribution in [0.5, 0.6) is 0 Å². The van der Waals surface area contributed by atoms with Crippen LogP contribution in [0.4, 0.5) is 74.6 Å². The zero-order valence-electron chi connectivity index (χ0n) is 18.7. The molecule has 39 heavy (non-hydrogen) atoms. The Morgan fingerprint density at radius 1 is 0.692 bits per heavy atom. The fraction of sp³-hybridized carbons (Fsp3) is 0.933. The smallest absolute Gasteiger partial charge is 0.460 e. The largest absolute Gasteiger partial charge is 0.541 e. The minimum absolute atomic E-state index is 0. The van der Waals surface area contributed by atoms with Gasteiger partial charge in [0.2, 0.25) is 0 Å². The summed E-state index contributed by atoms with van der Waals surface area (Å²) in [5, 5.41) is -7.72. The summed E-state index contributed by atoms with van der Waals surface area (Å²) in [5.41, 5.74) is 0. The molecular formula is C15H13F17NO4PrS-. The number of halogens is 17. The molecule has 231 valence electrons. The second-order valence-corrected chi connectivity index (χ2v) is 8.99. The molecule has 1 atom stereocenters. The van der Waals surface area contributed by atoms with Crippen LogP contribution in [0.25, 0.3) is 4.72 Å². The van der Waals surface area contributed by atoms with Gasteiger partial charge in [-0.3, -0.25) is 4.79 Å². The van der Waals surface area contributed by atoms with Gasteiger partial charge in [0.05, 0.1) is 12.5 Å². The summed E-state index contributed by atoms with van der Waals surface area (Å²) in [7, 11) is -7.54. The summed E-state index contributed by atoms with van der Waals surface area (Å²) in [6, 6.07) is 0. The van der Waals surface area contributed by atoms with Crippen LogP contribution < -0.4 is 0 Å². The molecule has 0 aromatic heterocycles. The molecule has 0 saturated carbocycles. The molecule has 0 aliphatic heterocycles. The van der Waals surface area contributed by atoms with Crippen LogP contribution in [0.3, 0.4) is 0 Å². The van der Waals surface area contributed by atoms with Crippen molar-refractivity contribution < 1.29 is 134 Å². The molecule has 0 aliphatic rings. The van der Waals surface area contributed by atoms with Crippen LogP contribution in [-0.2, 0) is 19.6 Å². The molecule has 0 spiro atoms. The van der Waals surface area contributed by atoms with E-state index >= 15 is 0 Å². The van der Waals surface area contributed by atoms with E-state index in [0.717, 1.165) is 0 Å². The predicted octanol–water partition coefficient (Wildman–Crippen LogP) is 6.25. The average Bonchev–Trinajstić information content (AvgIpc) is 2.73. The van der Waals surface area contributed by atoms with Crippen LogP contribution in [0.2, 0.25) is 0 Å². The van der Waals surface area contributed by atoms with E-state index in [4.69, 9.17) is 0 Å². The average molecular weight is 767 g/mol. The monoisotopic (exact) mass is 767 g/mol. The SMILES string of the molecule is CCC(C)C(=O)OCC[N-]S(=O)(=O)C(F)(F)C(F)(F)C(F)(F)C(F)(F)C(F)(F)C(F)(F)C(F)(F)C(F)(F)F.[Pr]. The van der Waals surface area contributed by atoms with Crippen molar-refractivity contribution in [3.05, 3.63) is 4.72 Å². The number of esters is 1. The first-order valence-electron chi connectivity index (χ1n) is 9.18. The van der Waals surface area contributed by atoms with Crippen molar-refractivity contribution in [2.45, 2.75) is 67.2 Å². The van der Waals surface area contributed by atoms with Gasteiger partial charge < -0.3 is 9.46 Å². The molecular weight excluding hydrogens is 754 g/mol. The minimum Gasteiger partial charge on any atom is -0.541 e. The maximum atomic E-state index is 13.8. The predicted molar refractivity (Wildman–Crippen MR) is 88.2 cm³/mol. The summed E-state index contributed by atoms with van der Waals surface area (Å²) in [6.45, 7) is -0.544. The van der Waals surface area contributed by atoms with E-state index in [-0.39, 0.29) is 47.7 Å². The Bertz CT molecular complexity index is 968. The van der Waals surface area contributed by atoms with Gasteiger partial charge in [-0.1, -0.05) is 13.8 Å². The number of carbonyl (C=O) groups is 1. The van der Waals surface area contributed by atoms with Gasteiger partial charge in [0.25, 0.3) is 0 Å². The van der Waals surface area contributed by atoms with Crippen LogP contribution in [-0.4, -0.2) is 74.5 Å². The molecule has 0 aliphatic carbocycles. The summed E-state index contributed by atoms with van der Waals surface area (Å²) < 4.78 is 252. The van der Waals surface area contributed by atoms with Crippen molar-refractivity contribution >= 4 is 16.0 Å². The normalized spacial score (nSPS) is 16.0. The number of alkyl halides is 17. The van der Waals surface area contributed by atoms with E-state index in [1.54, 1.807) is 4.72 Å². The first-order valence-corrected chi connectivity index (χ1v) is 10.6. The van der Waals surface area contributed by atoms with Crippen molar-refractivity contribution in [1.29, 1.82) is 0 Å². The van der Waals surface area contributed by atoms with Gasteiger partial charge in [-0.15, -0.1) is 6.54 Å². The topological polar surface area (TPSA) is 74.5 Å². The Morgan fingerprint density at radius 3 is 1.36 bits per heavy atom. The van der Waals surface area contributed by atoms with Gasteiger partial charge in [-0.2, -0.15) is 74.6 Å². The third kappa shape index (κ3) is 6.49. The summed E-state index contributed by atoms with van der Waals surface area (Å²) >= 11 is 0. The van der Waals surface area contributed by atoms with Crippen molar-refractivity contribution in [2.75, 3.05) is 13.2 Å². The molecule has 0 rings (SSSR count). The minimum atomic E-state index is -8.91. The zero-order chi connectivity index (χ0) is 31.2. The Hall–Kier alpha value is -0.446. The number of hydrogen-bond donors (Lipinski definition) is 0. The van der Waals surface area contributed by atoms with Gasteiger partial charge >= 0.3 is 52.9 Å². The van der Waals surface area contributed by atoms with Crippen LogP contribution >= 0.6 is 0 Å². The van der Waals surface area contributed by atoms with E-state index in [9.17, 15) is 87.8 Å². The van der Waals surface area contributed by atoms with Crippen LogP contribution in [0.15, 0.2) is 0 Å². The first kappa shape index (κ1) is 40.7. The number of rotatable bonds is 13. The molecule has 0 aromatic rings. The van der Waals surface area contributed by atoms with E-state index in [1.165, 1.54) is 13.8 Å². The van der Waals surface area contributed by atoms with Crippen molar-refractivity contribution in [3.8, 4) is 0 Å². The molecule has 1 radical (unpaired) electrons. The molecule has 0 N–H and O–H groups in total. The third-order valence-corrected chi connectivity index (χ3v) is 6.06. The number of ether oxygens (including phenoxy) is 1. The number of nitrogens with zero attached hydrogens (tertiary/aromatic N) is 1. The molecule has 1 unspecified atom stereocenters. The number of hydrogen-bond acceptors (Lipinski definition) is 4. The van der Waals surface area contributed by atoms with Crippen molar-refractivity contribution in [1.82, 2.24) is 0 Å². The fourth-order valence-electron chi connectivity index (χ4n) is 2.01. The molecule has 0 amide bonds. The van der Waals surface area contributed by atoms with Gasteiger partial charge in [0.15, 0.2) is 0 Å². The van der Waals surface area contributed by atoms with Gasteiger partial charge in [-0.05, 0) is 6.42 Å². The summed E-state index contributed by atoms with van der Waals surface area (Å²) in [4.78, 5) is 11.3. The molecule has 0 heterocycles. The first-order chi connectivity index (χ1) is 16.4. The standard InChI is InChI=1S/C15H13F17NO4S.Pr/c1-3-6(2)7(34)37-5-4-33-38(35,36)15(31,32)13(26,27)11(22,23)9(18,19)8(16,17)10(20,21)12(24,25)14(28,29)30;/h6H,3-5H2,1-2H3;/q-1;. The van der Waals surface area contributed by atoms with Crippen molar-refractivity contribution in [2.24, 2.45) is 5.92 Å². The Morgan fingerprint density at radius 2 is 1.03 bits per heavy atom.